The Hall–Kier alpha value is -1.94. The Bertz CT molecular complexity index is 499. The zero-order chi connectivity index (χ0) is 13.5. The predicted molar refractivity (Wildman–Crippen MR) is 77.9 cm³/mol. The fraction of sp³-hybridized carbons (Fsp3) is 0.333. The molecule has 4 nitrogen and oxygen atoms in total. The number of aromatic nitrogens is 2. The SMILES string of the molecule is CCc1cc(NCCC(N)c2ccccc2)ncn1. The van der Waals surface area contributed by atoms with Gasteiger partial charge in [-0.1, -0.05) is 37.3 Å². The molecule has 1 aromatic carbocycles. The third-order valence-electron chi connectivity index (χ3n) is 3.08. The normalized spacial score (nSPS) is 12.1. The summed E-state index contributed by atoms with van der Waals surface area (Å²) in [7, 11) is 0. The quantitative estimate of drug-likeness (QED) is 0.833. The molecule has 0 spiro atoms. The van der Waals surface area contributed by atoms with Crippen molar-refractivity contribution >= 4 is 5.82 Å². The number of anilines is 1. The number of hydrogen-bond acceptors (Lipinski definition) is 4. The van der Waals surface area contributed by atoms with E-state index in [-0.39, 0.29) is 6.04 Å². The molecule has 0 bridgehead atoms. The maximum Gasteiger partial charge on any atom is 0.129 e. The van der Waals surface area contributed by atoms with Crippen LogP contribution in [0, 0.1) is 0 Å². The monoisotopic (exact) mass is 256 g/mol. The molecule has 0 saturated carbocycles. The van der Waals surface area contributed by atoms with Crippen molar-refractivity contribution in [3.8, 4) is 0 Å². The summed E-state index contributed by atoms with van der Waals surface area (Å²) in [5.41, 5.74) is 8.36. The number of nitrogens with one attached hydrogen (secondary N) is 1. The molecular weight excluding hydrogens is 236 g/mol. The summed E-state index contributed by atoms with van der Waals surface area (Å²) in [6, 6.07) is 12.2. The maximum absolute atomic E-state index is 6.14. The first-order chi connectivity index (χ1) is 9.29. The van der Waals surface area contributed by atoms with Gasteiger partial charge in [0.05, 0.1) is 0 Å². The molecule has 0 saturated heterocycles. The van der Waals surface area contributed by atoms with Crippen molar-refractivity contribution < 1.29 is 0 Å². The Labute approximate surface area is 114 Å². The average Bonchev–Trinajstić information content (AvgIpc) is 2.48. The molecule has 1 unspecified atom stereocenters. The molecule has 0 aliphatic carbocycles. The predicted octanol–water partition coefficient (Wildman–Crippen LogP) is 2.54. The van der Waals surface area contributed by atoms with Crippen molar-refractivity contribution in [2.45, 2.75) is 25.8 Å². The van der Waals surface area contributed by atoms with Crippen LogP contribution >= 0.6 is 0 Å². The summed E-state index contributed by atoms with van der Waals surface area (Å²) >= 11 is 0. The molecule has 2 rings (SSSR count). The number of nitrogens with two attached hydrogens (primary N) is 1. The second-order valence-electron chi connectivity index (χ2n) is 4.48. The molecule has 0 radical (unpaired) electrons. The van der Waals surface area contributed by atoms with Gasteiger partial charge in [0.2, 0.25) is 0 Å². The van der Waals surface area contributed by atoms with Crippen LogP contribution in [0.3, 0.4) is 0 Å². The van der Waals surface area contributed by atoms with Crippen LogP contribution < -0.4 is 11.1 Å². The summed E-state index contributed by atoms with van der Waals surface area (Å²) in [5, 5.41) is 3.29. The average molecular weight is 256 g/mol. The minimum atomic E-state index is 0.0567. The van der Waals surface area contributed by atoms with Crippen molar-refractivity contribution in [3.63, 3.8) is 0 Å². The highest BCUT2D eigenvalue weighted by atomic mass is 15.0. The fourth-order valence-corrected chi connectivity index (χ4v) is 1.91. The number of nitrogens with zero attached hydrogens (tertiary/aromatic N) is 2. The zero-order valence-corrected chi connectivity index (χ0v) is 11.2. The largest absolute Gasteiger partial charge is 0.370 e. The van der Waals surface area contributed by atoms with Gasteiger partial charge in [0, 0.05) is 24.3 Å². The number of rotatable bonds is 6. The molecular formula is C15H20N4. The Morgan fingerprint density at radius 3 is 2.74 bits per heavy atom. The van der Waals surface area contributed by atoms with Gasteiger partial charge in [0.1, 0.15) is 12.1 Å². The molecule has 0 aliphatic heterocycles. The van der Waals surface area contributed by atoms with Gasteiger partial charge in [-0.05, 0) is 18.4 Å². The molecule has 1 heterocycles. The third kappa shape index (κ3) is 4.03. The van der Waals surface area contributed by atoms with Crippen LogP contribution in [0.25, 0.3) is 0 Å². The van der Waals surface area contributed by atoms with Crippen LogP contribution in [0.4, 0.5) is 5.82 Å². The number of hydrogen-bond donors (Lipinski definition) is 2. The smallest absolute Gasteiger partial charge is 0.129 e. The lowest BCUT2D eigenvalue weighted by atomic mass is 10.1. The fourth-order valence-electron chi connectivity index (χ4n) is 1.91. The molecule has 1 atom stereocenters. The van der Waals surface area contributed by atoms with Crippen molar-refractivity contribution in [3.05, 3.63) is 54.0 Å². The van der Waals surface area contributed by atoms with Crippen molar-refractivity contribution in [2.24, 2.45) is 5.73 Å². The number of benzene rings is 1. The van der Waals surface area contributed by atoms with Gasteiger partial charge in [-0.15, -0.1) is 0 Å². The van der Waals surface area contributed by atoms with Crippen LogP contribution in [0.5, 0.6) is 0 Å². The standard InChI is InChI=1S/C15H20N4/c1-2-13-10-15(19-11-18-13)17-9-8-14(16)12-6-4-3-5-7-12/h3-7,10-11,14H,2,8-9,16H2,1H3,(H,17,18,19). The first-order valence-electron chi connectivity index (χ1n) is 6.65. The van der Waals surface area contributed by atoms with E-state index < -0.39 is 0 Å². The van der Waals surface area contributed by atoms with E-state index in [0.717, 1.165) is 30.9 Å². The van der Waals surface area contributed by atoms with Crippen LogP contribution in [0.2, 0.25) is 0 Å². The molecule has 100 valence electrons. The van der Waals surface area contributed by atoms with Crippen LogP contribution in [0.15, 0.2) is 42.7 Å². The molecule has 4 heteroatoms. The zero-order valence-electron chi connectivity index (χ0n) is 11.2. The van der Waals surface area contributed by atoms with E-state index in [4.69, 9.17) is 5.73 Å². The van der Waals surface area contributed by atoms with Gasteiger partial charge >= 0.3 is 0 Å². The van der Waals surface area contributed by atoms with Gasteiger partial charge in [0.15, 0.2) is 0 Å². The van der Waals surface area contributed by atoms with Crippen molar-refractivity contribution in [1.29, 1.82) is 0 Å². The van der Waals surface area contributed by atoms with Gasteiger partial charge in [-0.2, -0.15) is 0 Å². The van der Waals surface area contributed by atoms with Gasteiger partial charge in [-0.25, -0.2) is 9.97 Å². The van der Waals surface area contributed by atoms with Crippen LogP contribution in [0.1, 0.15) is 30.6 Å². The molecule has 3 N–H and O–H groups in total. The third-order valence-corrected chi connectivity index (χ3v) is 3.08. The van der Waals surface area contributed by atoms with Gasteiger partial charge in [-0.3, -0.25) is 0 Å². The second kappa shape index (κ2) is 6.85. The van der Waals surface area contributed by atoms with E-state index in [2.05, 4.69) is 34.3 Å². The molecule has 0 aliphatic rings. The van der Waals surface area contributed by atoms with Crippen molar-refractivity contribution in [2.75, 3.05) is 11.9 Å². The molecule has 0 amide bonds. The first kappa shape index (κ1) is 13.5. The summed E-state index contributed by atoms with van der Waals surface area (Å²) in [6.45, 7) is 2.88. The molecule has 19 heavy (non-hydrogen) atoms. The summed E-state index contributed by atoms with van der Waals surface area (Å²) in [6.07, 6.45) is 3.38. The van der Waals surface area contributed by atoms with E-state index >= 15 is 0 Å². The number of aryl methyl sites for hydroxylation is 1. The van der Waals surface area contributed by atoms with E-state index in [0.29, 0.717) is 0 Å². The Morgan fingerprint density at radius 1 is 1.21 bits per heavy atom. The minimum Gasteiger partial charge on any atom is -0.370 e. The van der Waals surface area contributed by atoms with Crippen molar-refractivity contribution in [1.82, 2.24) is 9.97 Å². The van der Waals surface area contributed by atoms with E-state index in [1.807, 2.05) is 24.3 Å². The molecule has 2 aromatic rings. The highest BCUT2D eigenvalue weighted by Crippen LogP contribution is 2.13. The van der Waals surface area contributed by atoms with E-state index in [1.54, 1.807) is 6.33 Å². The van der Waals surface area contributed by atoms with Crippen LogP contribution in [-0.2, 0) is 6.42 Å². The Morgan fingerprint density at radius 2 is 2.00 bits per heavy atom. The summed E-state index contributed by atoms with van der Waals surface area (Å²) in [5.74, 6) is 0.868. The van der Waals surface area contributed by atoms with Gasteiger partial charge < -0.3 is 11.1 Å². The lowest BCUT2D eigenvalue weighted by Gasteiger charge is -2.12. The lowest BCUT2D eigenvalue weighted by Crippen LogP contribution is -2.15. The summed E-state index contributed by atoms with van der Waals surface area (Å²) in [4.78, 5) is 8.37. The highest BCUT2D eigenvalue weighted by molar-refractivity contribution is 5.34. The molecule has 0 fully saturated rings. The van der Waals surface area contributed by atoms with E-state index in [1.165, 1.54) is 5.56 Å². The second-order valence-corrected chi connectivity index (χ2v) is 4.48. The summed E-state index contributed by atoms with van der Waals surface area (Å²) < 4.78 is 0. The maximum atomic E-state index is 6.14. The highest BCUT2D eigenvalue weighted by Gasteiger charge is 2.05. The topological polar surface area (TPSA) is 63.8 Å². The van der Waals surface area contributed by atoms with Gasteiger partial charge in [0.25, 0.3) is 0 Å². The first-order valence-corrected chi connectivity index (χ1v) is 6.65. The van der Waals surface area contributed by atoms with Crippen LogP contribution in [-0.4, -0.2) is 16.5 Å². The Kier molecular flexibility index (Phi) is 4.86. The minimum absolute atomic E-state index is 0.0567. The Balaban J connectivity index is 1.83. The lowest BCUT2D eigenvalue weighted by molar-refractivity contribution is 0.674. The van der Waals surface area contributed by atoms with E-state index in [9.17, 15) is 0 Å². The molecule has 1 aromatic heterocycles.